The lowest BCUT2D eigenvalue weighted by Crippen LogP contribution is -2.56. The summed E-state index contributed by atoms with van der Waals surface area (Å²) in [4.78, 5) is 24.0. The molecular formula is C11H7Cl2F3N2O2. The minimum absolute atomic E-state index is 0.0189. The zero-order valence-corrected chi connectivity index (χ0v) is 11.4. The summed E-state index contributed by atoms with van der Waals surface area (Å²) in [6.45, 7) is 0.602. The average molecular weight is 327 g/mol. The molecule has 0 aromatic heterocycles. The number of rotatable bonds is 1. The number of halogens is 5. The van der Waals surface area contributed by atoms with Crippen molar-refractivity contribution >= 4 is 40.8 Å². The van der Waals surface area contributed by atoms with Crippen LogP contribution in [0.2, 0.25) is 10.0 Å². The number of anilines is 1. The van der Waals surface area contributed by atoms with Gasteiger partial charge in [-0.15, -0.1) is 0 Å². The molecule has 0 bridgehead atoms. The SMILES string of the molecule is CC1(C(F)(F)F)NC(=O)N(c2ccc(Cl)c(Cl)c2)C1=O. The van der Waals surface area contributed by atoms with Gasteiger partial charge in [0.25, 0.3) is 5.91 Å². The summed E-state index contributed by atoms with van der Waals surface area (Å²) in [7, 11) is 0. The van der Waals surface area contributed by atoms with Crippen molar-refractivity contribution in [3.05, 3.63) is 28.2 Å². The Morgan fingerprint density at radius 1 is 1.20 bits per heavy atom. The van der Waals surface area contributed by atoms with Crippen LogP contribution in [0, 0.1) is 0 Å². The molecule has 1 saturated heterocycles. The molecular weight excluding hydrogens is 320 g/mol. The first-order valence-electron chi connectivity index (χ1n) is 5.26. The predicted octanol–water partition coefficient (Wildman–Crippen LogP) is 3.37. The molecule has 1 fully saturated rings. The molecule has 0 saturated carbocycles. The van der Waals surface area contributed by atoms with Crippen LogP contribution in [0.25, 0.3) is 0 Å². The Kier molecular flexibility index (Phi) is 3.38. The second kappa shape index (κ2) is 4.53. The second-order valence-corrected chi connectivity index (χ2v) is 5.11. The highest BCUT2D eigenvalue weighted by atomic mass is 35.5. The van der Waals surface area contributed by atoms with E-state index in [1.54, 1.807) is 5.32 Å². The molecule has 20 heavy (non-hydrogen) atoms. The largest absolute Gasteiger partial charge is 0.420 e. The molecule has 1 aromatic carbocycles. The number of hydrogen-bond donors (Lipinski definition) is 1. The molecule has 3 amide bonds. The van der Waals surface area contributed by atoms with Crippen LogP contribution in [0.5, 0.6) is 0 Å². The Bertz CT molecular complexity index is 606. The molecule has 108 valence electrons. The number of nitrogens with one attached hydrogen (secondary N) is 1. The van der Waals surface area contributed by atoms with Crippen LogP contribution in [0.4, 0.5) is 23.7 Å². The molecule has 1 aromatic rings. The van der Waals surface area contributed by atoms with E-state index in [0.717, 1.165) is 6.07 Å². The first kappa shape index (κ1) is 14.9. The van der Waals surface area contributed by atoms with Crippen molar-refractivity contribution in [2.45, 2.75) is 18.6 Å². The monoisotopic (exact) mass is 326 g/mol. The lowest BCUT2D eigenvalue weighted by atomic mass is 10.0. The van der Waals surface area contributed by atoms with Gasteiger partial charge >= 0.3 is 12.2 Å². The molecule has 0 spiro atoms. The van der Waals surface area contributed by atoms with E-state index in [1.807, 2.05) is 0 Å². The summed E-state index contributed by atoms with van der Waals surface area (Å²) in [6, 6.07) is 2.48. The quantitative estimate of drug-likeness (QED) is 0.804. The van der Waals surface area contributed by atoms with Crippen LogP contribution >= 0.6 is 23.2 Å². The summed E-state index contributed by atoms with van der Waals surface area (Å²) in [6.07, 6.45) is -4.91. The molecule has 2 rings (SSSR count). The van der Waals surface area contributed by atoms with E-state index in [1.165, 1.54) is 12.1 Å². The number of hydrogen-bond acceptors (Lipinski definition) is 2. The Hall–Kier alpha value is -1.47. The van der Waals surface area contributed by atoms with Crippen molar-refractivity contribution in [3.63, 3.8) is 0 Å². The molecule has 1 atom stereocenters. The lowest BCUT2D eigenvalue weighted by molar-refractivity contribution is -0.187. The van der Waals surface area contributed by atoms with E-state index < -0.39 is 23.7 Å². The number of urea groups is 1. The number of amides is 3. The van der Waals surface area contributed by atoms with Crippen molar-refractivity contribution < 1.29 is 22.8 Å². The zero-order chi connectivity index (χ0) is 15.3. The number of imide groups is 1. The van der Waals surface area contributed by atoms with Crippen molar-refractivity contribution in [2.24, 2.45) is 0 Å². The summed E-state index contributed by atoms with van der Waals surface area (Å²) in [5, 5.41) is 1.81. The Morgan fingerprint density at radius 2 is 1.80 bits per heavy atom. The topological polar surface area (TPSA) is 49.4 Å². The normalized spacial score (nSPS) is 23.2. The third-order valence-corrected chi connectivity index (χ3v) is 3.66. The van der Waals surface area contributed by atoms with Crippen molar-refractivity contribution in [1.82, 2.24) is 5.32 Å². The summed E-state index contributed by atoms with van der Waals surface area (Å²) >= 11 is 11.4. The number of nitrogens with zero attached hydrogens (tertiary/aromatic N) is 1. The van der Waals surface area contributed by atoms with E-state index in [9.17, 15) is 22.8 Å². The van der Waals surface area contributed by atoms with Gasteiger partial charge in [-0.2, -0.15) is 13.2 Å². The average Bonchev–Trinajstić information content (AvgIpc) is 2.54. The fraction of sp³-hybridized carbons (Fsp3) is 0.273. The zero-order valence-electron chi connectivity index (χ0n) is 9.89. The molecule has 9 heteroatoms. The minimum atomic E-state index is -4.91. The van der Waals surface area contributed by atoms with Gasteiger partial charge in [0.1, 0.15) is 0 Å². The lowest BCUT2D eigenvalue weighted by Gasteiger charge is -2.24. The maximum atomic E-state index is 12.9. The number of carbonyl (C=O) groups excluding carboxylic acids is 2. The standard InChI is InChI=1S/C11H7Cl2F3N2O2/c1-10(11(14,15)16)8(19)18(9(20)17-10)5-2-3-6(12)7(13)4-5/h2-4H,1H3,(H,17,20). The van der Waals surface area contributed by atoms with E-state index in [2.05, 4.69) is 0 Å². The summed E-state index contributed by atoms with van der Waals surface area (Å²) < 4.78 is 38.7. The maximum absolute atomic E-state index is 12.9. The molecule has 1 unspecified atom stereocenters. The van der Waals surface area contributed by atoms with E-state index in [4.69, 9.17) is 23.2 Å². The van der Waals surface area contributed by atoms with Gasteiger partial charge in [-0.25, -0.2) is 9.69 Å². The molecule has 4 nitrogen and oxygen atoms in total. The molecule has 1 aliphatic heterocycles. The van der Waals surface area contributed by atoms with Gasteiger partial charge in [0.15, 0.2) is 0 Å². The van der Waals surface area contributed by atoms with E-state index >= 15 is 0 Å². The van der Waals surface area contributed by atoms with Gasteiger partial charge in [-0.1, -0.05) is 23.2 Å². The highest BCUT2D eigenvalue weighted by molar-refractivity contribution is 6.42. The van der Waals surface area contributed by atoms with Gasteiger partial charge in [0.05, 0.1) is 15.7 Å². The molecule has 1 heterocycles. The molecule has 1 aliphatic rings. The minimum Gasteiger partial charge on any atom is -0.315 e. The number of alkyl halides is 3. The van der Waals surface area contributed by atoms with Crippen LogP contribution in [-0.2, 0) is 4.79 Å². The van der Waals surface area contributed by atoms with E-state index in [0.29, 0.717) is 11.8 Å². The van der Waals surface area contributed by atoms with Gasteiger partial charge in [-0.05, 0) is 25.1 Å². The van der Waals surface area contributed by atoms with Gasteiger partial charge in [0.2, 0.25) is 5.54 Å². The summed E-state index contributed by atoms with van der Waals surface area (Å²) in [5.74, 6) is -1.42. The van der Waals surface area contributed by atoms with Crippen LogP contribution in [-0.4, -0.2) is 23.7 Å². The maximum Gasteiger partial charge on any atom is 0.420 e. The van der Waals surface area contributed by atoms with Gasteiger partial charge < -0.3 is 5.32 Å². The first-order valence-corrected chi connectivity index (χ1v) is 6.02. The molecule has 1 N–H and O–H groups in total. The Morgan fingerprint density at radius 3 is 2.25 bits per heavy atom. The summed E-state index contributed by atoms with van der Waals surface area (Å²) in [5.41, 5.74) is -3.05. The number of carbonyl (C=O) groups is 2. The Labute approximate surface area is 121 Å². The van der Waals surface area contributed by atoms with Gasteiger partial charge in [0, 0.05) is 0 Å². The van der Waals surface area contributed by atoms with Crippen molar-refractivity contribution in [1.29, 1.82) is 0 Å². The van der Waals surface area contributed by atoms with Crippen LogP contribution < -0.4 is 10.2 Å². The fourth-order valence-corrected chi connectivity index (χ4v) is 1.98. The molecule has 0 radical (unpaired) electrons. The van der Waals surface area contributed by atoms with Crippen LogP contribution in [0.1, 0.15) is 6.92 Å². The fourth-order valence-electron chi connectivity index (χ4n) is 1.69. The van der Waals surface area contributed by atoms with Crippen LogP contribution in [0.3, 0.4) is 0 Å². The van der Waals surface area contributed by atoms with Gasteiger partial charge in [-0.3, -0.25) is 4.79 Å². The third-order valence-electron chi connectivity index (χ3n) is 2.92. The molecule has 0 aliphatic carbocycles. The Balaban J connectivity index is 2.46. The van der Waals surface area contributed by atoms with Crippen LogP contribution in [0.15, 0.2) is 18.2 Å². The highest BCUT2D eigenvalue weighted by Gasteiger charge is 2.64. The van der Waals surface area contributed by atoms with Crippen molar-refractivity contribution in [2.75, 3.05) is 4.90 Å². The highest BCUT2D eigenvalue weighted by Crippen LogP contribution is 2.38. The van der Waals surface area contributed by atoms with E-state index in [-0.39, 0.29) is 15.7 Å². The van der Waals surface area contributed by atoms with Crippen molar-refractivity contribution in [3.8, 4) is 0 Å². The predicted molar refractivity (Wildman–Crippen MR) is 66.9 cm³/mol. The first-order chi connectivity index (χ1) is 9.08. The smallest absolute Gasteiger partial charge is 0.315 e. The second-order valence-electron chi connectivity index (χ2n) is 4.29. The third kappa shape index (κ3) is 2.10. The number of benzene rings is 1.